The summed E-state index contributed by atoms with van der Waals surface area (Å²) in [6.45, 7) is 5.88. The smallest absolute Gasteiger partial charge is 0.307 e. The molecule has 0 radical (unpaired) electrons. The molecule has 3 heteroatoms. The van der Waals surface area contributed by atoms with Crippen LogP contribution in [0.15, 0.2) is 0 Å². The molecule has 0 rings (SSSR count). The van der Waals surface area contributed by atoms with Crippen LogP contribution in [0, 0.1) is 11.3 Å². The highest BCUT2D eigenvalue weighted by Gasteiger charge is 2.30. The Labute approximate surface area is 72.4 Å². The summed E-state index contributed by atoms with van der Waals surface area (Å²) in [6.07, 6.45) is 1.93. The van der Waals surface area contributed by atoms with E-state index in [9.17, 15) is 4.79 Å². The lowest BCUT2D eigenvalue weighted by molar-refractivity contribution is -0.144. The van der Waals surface area contributed by atoms with E-state index in [0.29, 0.717) is 5.75 Å². The summed E-state index contributed by atoms with van der Waals surface area (Å²) in [5.74, 6) is -0.233. The number of aliphatic carboxylic acids is 1. The summed E-state index contributed by atoms with van der Waals surface area (Å²) in [7, 11) is 0. The van der Waals surface area contributed by atoms with E-state index in [4.69, 9.17) is 5.11 Å². The number of carboxylic acids is 1. The van der Waals surface area contributed by atoms with Crippen LogP contribution in [0.4, 0.5) is 0 Å². The quantitative estimate of drug-likeness (QED) is 0.715. The van der Waals surface area contributed by atoms with E-state index in [0.717, 1.165) is 0 Å². The molecule has 1 N–H and O–H groups in total. The van der Waals surface area contributed by atoms with Crippen LogP contribution in [0.5, 0.6) is 0 Å². The summed E-state index contributed by atoms with van der Waals surface area (Å²) in [5, 5.41) is 8.83. The molecule has 0 aromatic carbocycles. The van der Waals surface area contributed by atoms with Gasteiger partial charge < -0.3 is 5.11 Å². The van der Waals surface area contributed by atoms with Gasteiger partial charge in [0.05, 0.1) is 5.92 Å². The highest BCUT2D eigenvalue weighted by molar-refractivity contribution is 7.98. The van der Waals surface area contributed by atoms with Gasteiger partial charge in [0.2, 0.25) is 0 Å². The van der Waals surface area contributed by atoms with Gasteiger partial charge in [-0.05, 0) is 11.7 Å². The Hall–Kier alpha value is -0.180. The lowest BCUT2D eigenvalue weighted by Gasteiger charge is -2.26. The molecule has 0 aromatic rings. The van der Waals surface area contributed by atoms with E-state index in [2.05, 4.69) is 0 Å². The van der Waals surface area contributed by atoms with E-state index < -0.39 is 5.97 Å². The minimum Gasteiger partial charge on any atom is -0.481 e. The predicted octanol–water partition coefficient (Wildman–Crippen LogP) is 2.10. The van der Waals surface area contributed by atoms with Gasteiger partial charge in [-0.2, -0.15) is 11.8 Å². The number of hydrogen-bond acceptors (Lipinski definition) is 2. The molecule has 0 aliphatic heterocycles. The largest absolute Gasteiger partial charge is 0.481 e. The normalized spacial score (nSPS) is 14.5. The zero-order valence-corrected chi connectivity index (χ0v) is 8.36. The average Bonchev–Trinajstić information content (AvgIpc) is 1.79. The Morgan fingerprint density at radius 1 is 1.55 bits per heavy atom. The van der Waals surface area contributed by atoms with Crippen molar-refractivity contribution in [1.82, 2.24) is 0 Å². The molecule has 0 aliphatic carbocycles. The topological polar surface area (TPSA) is 37.3 Å². The average molecular weight is 176 g/mol. The highest BCUT2D eigenvalue weighted by atomic mass is 32.2. The molecule has 11 heavy (non-hydrogen) atoms. The summed E-state index contributed by atoms with van der Waals surface area (Å²) in [5.41, 5.74) is -0.130. The molecular weight excluding hydrogens is 160 g/mol. The third-order valence-electron chi connectivity index (χ3n) is 1.68. The second-order valence-electron chi connectivity index (χ2n) is 3.71. The van der Waals surface area contributed by atoms with Crippen molar-refractivity contribution >= 4 is 17.7 Å². The Bertz CT molecular complexity index is 138. The van der Waals surface area contributed by atoms with Gasteiger partial charge in [-0.3, -0.25) is 4.79 Å². The molecule has 0 saturated carbocycles. The molecule has 0 aliphatic rings. The summed E-state index contributed by atoms with van der Waals surface area (Å²) in [6, 6.07) is 0. The van der Waals surface area contributed by atoms with Crippen LogP contribution in [-0.4, -0.2) is 23.1 Å². The van der Waals surface area contributed by atoms with Crippen molar-refractivity contribution in [3.8, 4) is 0 Å². The van der Waals surface area contributed by atoms with Crippen LogP contribution >= 0.6 is 11.8 Å². The number of carboxylic acid groups (broad SMARTS) is 1. The van der Waals surface area contributed by atoms with Crippen LogP contribution in [0.25, 0.3) is 0 Å². The van der Waals surface area contributed by atoms with E-state index in [1.54, 1.807) is 11.8 Å². The van der Waals surface area contributed by atoms with Crippen LogP contribution in [0.3, 0.4) is 0 Å². The molecule has 0 heterocycles. The Morgan fingerprint density at radius 2 is 2.00 bits per heavy atom. The third kappa shape index (κ3) is 3.65. The zero-order chi connectivity index (χ0) is 9.07. The lowest BCUT2D eigenvalue weighted by atomic mass is 9.82. The van der Waals surface area contributed by atoms with Crippen molar-refractivity contribution in [1.29, 1.82) is 0 Å². The minimum absolute atomic E-state index is 0.130. The first-order valence-corrected chi connectivity index (χ1v) is 5.00. The standard InChI is InChI=1S/C8H16O2S/c1-8(2,3)6(5-11-4)7(9)10/h6H,5H2,1-4H3,(H,9,10). The van der Waals surface area contributed by atoms with E-state index in [1.165, 1.54) is 0 Å². The second-order valence-corrected chi connectivity index (χ2v) is 4.62. The molecule has 0 saturated heterocycles. The molecule has 0 fully saturated rings. The first-order chi connectivity index (χ1) is 4.89. The van der Waals surface area contributed by atoms with E-state index in [-0.39, 0.29) is 11.3 Å². The van der Waals surface area contributed by atoms with Gasteiger partial charge in [0, 0.05) is 5.75 Å². The Morgan fingerprint density at radius 3 is 2.09 bits per heavy atom. The SMILES string of the molecule is CSCC(C(=O)O)C(C)(C)C. The zero-order valence-electron chi connectivity index (χ0n) is 7.55. The van der Waals surface area contributed by atoms with Gasteiger partial charge in [-0.1, -0.05) is 20.8 Å². The maximum atomic E-state index is 10.7. The molecule has 1 unspecified atom stereocenters. The van der Waals surface area contributed by atoms with Gasteiger partial charge in [-0.15, -0.1) is 0 Å². The van der Waals surface area contributed by atoms with E-state index >= 15 is 0 Å². The number of hydrogen-bond donors (Lipinski definition) is 1. The first-order valence-electron chi connectivity index (χ1n) is 3.61. The Kier molecular flexibility index (Phi) is 3.93. The number of rotatable bonds is 3. The highest BCUT2D eigenvalue weighted by Crippen LogP contribution is 2.28. The van der Waals surface area contributed by atoms with Crippen LogP contribution < -0.4 is 0 Å². The fraction of sp³-hybridized carbons (Fsp3) is 0.875. The third-order valence-corrected chi connectivity index (χ3v) is 2.34. The van der Waals surface area contributed by atoms with Crippen molar-refractivity contribution in [2.75, 3.05) is 12.0 Å². The maximum Gasteiger partial charge on any atom is 0.307 e. The van der Waals surface area contributed by atoms with Crippen molar-refractivity contribution in [3.63, 3.8) is 0 Å². The van der Waals surface area contributed by atoms with Gasteiger partial charge in [-0.25, -0.2) is 0 Å². The molecule has 0 bridgehead atoms. The molecule has 0 aromatic heterocycles. The van der Waals surface area contributed by atoms with Crippen molar-refractivity contribution in [2.45, 2.75) is 20.8 Å². The molecule has 0 spiro atoms. The molecule has 1 atom stereocenters. The lowest BCUT2D eigenvalue weighted by Crippen LogP contribution is -2.30. The van der Waals surface area contributed by atoms with Crippen LogP contribution in [0.2, 0.25) is 0 Å². The number of carbonyl (C=O) groups is 1. The molecule has 0 amide bonds. The molecule has 66 valence electrons. The summed E-state index contributed by atoms with van der Waals surface area (Å²) >= 11 is 1.58. The fourth-order valence-corrected chi connectivity index (χ4v) is 1.83. The van der Waals surface area contributed by atoms with Crippen molar-refractivity contribution in [2.24, 2.45) is 11.3 Å². The number of thioether (sulfide) groups is 1. The van der Waals surface area contributed by atoms with Crippen molar-refractivity contribution in [3.05, 3.63) is 0 Å². The van der Waals surface area contributed by atoms with Gasteiger partial charge in [0.1, 0.15) is 0 Å². The summed E-state index contributed by atoms with van der Waals surface area (Å²) in [4.78, 5) is 10.7. The maximum absolute atomic E-state index is 10.7. The van der Waals surface area contributed by atoms with Gasteiger partial charge in [0.25, 0.3) is 0 Å². The van der Waals surface area contributed by atoms with Gasteiger partial charge in [0.15, 0.2) is 0 Å². The second kappa shape index (κ2) is 4.00. The molecule has 2 nitrogen and oxygen atoms in total. The predicted molar refractivity (Wildman–Crippen MR) is 49.0 cm³/mol. The van der Waals surface area contributed by atoms with Gasteiger partial charge >= 0.3 is 5.97 Å². The summed E-state index contributed by atoms with van der Waals surface area (Å²) < 4.78 is 0. The van der Waals surface area contributed by atoms with Crippen molar-refractivity contribution < 1.29 is 9.90 Å². The first kappa shape index (κ1) is 10.8. The molecular formula is C8H16O2S. The van der Waals surface area contributed by atoms with Crippen LogP contribution in [0.1, 0.15) is 20.8 Å². The Balaban J connectivity index is 4.22. The minimum atomic E-state index is -0.688. The fourth-order valence-electron chi connectivity index (χ4n) is 0.858. The van der Waals surface area contributed by atoms with Crippen LogP contribution in [-0.2, 0) is 4.79 Å². The monoisotopic (exact) mass is 176 g/mol. The van der Waals surface area contributed by atoms with E-state index in [1.807, 2.05) is 27.0 Å².